The van der Waals surface area contributed by atoms with Crippen LogP contribution in [-0.2, 0) is 4.79 Å². The molecule has 3 aromatic carbocycles. The van der Waals surface area contributed by atoms with Crippen LogP contribution in [0.1, 0.15) is 12.5 Å². The predicted molar refractivity (Wildman–Crippen MR) is 106 cm³/mol. The zero-order valence-corrected chi connectivity index (χ0v) is 14.8. The van der Waals surface area contributed by atoms with E-state index in [1.165, 1.54) is 0 Å². The largest absolute Gasteiger partial charge is 0.497 e. The number of carbonyl (C=O) groups excluding carboxylic acids is 1. The minimum atomic E-state index is -0.423. The van der Waals surface area contributed by atoms with E-state index in [1.807, 2.05) is 66.7 Å². The molecule has 3 aromatic rings. The number of hydrogen-bond acceptors (Lipinski definition) is 4. The minimum absolute atomic E-state index is 0.211. The van der Waals surface area contributed by atoms with Crippen LogP contribution in [0.4, 0.5) is 5.69 Å². The van der Waals surface area contributed by atoms with Gasteiger partial charge in [0.25, 0.3) is 5.91 Å². The Morgan fingerprint density at radius 3 is 2.54 bits per heavy atom. The van der Waals surface area contributed by atoms with Crippen molar-refractivity contribution in [3.63, 3.8) is 0 Å². The summed E-state index contributed by atoms with van der Waals surface area (Å²) in [7, 11) is 1.62. The molecule has 0 saturated carbocycles. The lowest BCUT2D eigenvalue weighted by molar-refractivity contribution is -0.121. The molecule has 0 heterocycles. The smallest absolute Gasteiger partial charge is 0.262 e. The van der Waals surface area contributed by atoms with E-state index < -0.39 is 6.04 Å². The lowest BCUT2D eigenvalue weighted by Crippen LogP contribution is -2.34. The summed E-state index contributed by atoms with van der Waals surface area (Å²) in [6.07, 6.45) is 1.67. The van der Waals surface area contributed by atoms with E-state index in [0.717, 1.165) is 27.8 Å². The van der Waals surface area contributed by atoms with Gasteiger partial charge in [0, 0.05) is 11.3 Å². The van der Waals surface area contributed by atoms with Crippen molar-refractivity contribution in [2.24, 2.45) is 5.10 Å². The van der Waals surface area contributed by atoms with Gasteiger partial charge in [-0.15, -0.1) is 0 Å². The number of nitrogens with one attached hydrogen (secondary N) is 2. The van der Waals surface area contributed by atoms with Crippen molar-refractivity contribution in [1.29, 1.82) is 0 Å². The number of rotatable bonds is 6. The summed E-state index contributed by atoms with van der Waals surface area (Å²) in [5, 5.41) is 9.46. The van der Waals surface area contributed by atoms with Gasteiger partial charge in [-0.05, 0) is 42.0 Å². The van der Waals surface area contributed by atoms with E-state index in [9.17, 15) is 4.79 Å². The van der Waals surface area contributed by atoms with Crippen molar-refractivity contribution in [3.8, 4) is 5.75 Å². The van der Waals surface area contributed by atoms with Gasteiger partial charge in [0.1, 0.15) is 11.8 Å². The maximum Gasteiger partial charge on any atom is 0.262 e. The summed E-state index contributed by atoms with van der Waals surface area (Å²) >= 11 is 0. The maximum atomic E-state index is 12.2. The first-order valence-corrected chi connectivity index (χ1v) is 8.38. The molecule has 2 N–H and O–H groups in total. The van der Waals surface area contributed by atoms with Crippen molar-refractivity contribution in [2.75, 3.05) is 12.4 Å². The summed E-state index contributed by atoms with van der Waals surface area (Å²) in [5.74, 6) is 0.560. The number of nitrogens with zero attached hydrogens (tertiary/aromatic N) is 1. The average molecular weight is 347 g/mol. The fourth-order valence-electron chi connectivity index (χ4n) is 2.63. The Hall–Kier alpha value is -3.34. The number of hydrogen-bond donors (Lipinski definition) is 2. The van der Waals surface area contributed by atoms with Crippen molar-refractivity contribution in [3.05, 3.63) is 72.3 Å². The first-order valence-electron chi connectivity index (χ1n) is 8.38. The third kappa shape index (κ3) is 4.19. The van der Waals surface area contributed by atoms with Crippen LogP contribution in [0, 0.1) is 0 Å². The van der Waals surface area contributed by atoms with Gasteiger partial charge < -0.3 is 10.1 Å². The summed E-state index contributed by atoms with van der Waals surface area (Å²) in [6.45, 7) is 1.78. The van der Waals surface area contributed by atoms with Crippen molar-refractivity contribution in [1.82, 2.24) is 5.43 Å². The summed E-state index contributed by atoms with van der Waals surface area (Å²) in [6, 6.07) is 21.0. The number of ether oxygens (including phenoxy) is 1. The summed E-state index contributed by atoms with van der Waals surface area (Å²) < 4.78 is 5.12. The molecule has 0 aliphatic rings. The molecule has 0 aliphatic heterocycles. The highest BCUT2D eigenvalue weighted by Crippen LogP contribution is 2.17. The molecule has 0 aliphatic carbocycles. The highest BCUT2D eigenvalue weighted by molar-refractivity contribution is 6.00. The van der Waals surface area contributed by atoms with Crippen molar-refractivity contribution < 1.29 is 9.53 Å². The van der Waals surface area contributed by atoms with Gasteiger partial charge in [0.15, 0.2) is 0 Å². The number of fused-ring (bicyclic) bond motifs is 1. The second kappa shape index (κ2) is 8.16. The number of amides is 1. The van der Waals surface area contributed by atoms with Crippen LogP contribution < -0.4 is 15.5 Å². The van der Waals surface area contributed by atoms with Gasteiger partial charge >= 0.3 is 0 Å². The molecule has 5 nitrogen and oxygen atoms in total. The average Bonchev–Trinajstić information content (AvgIpc) is 2.68. The van der Waals surface area contributed by atoms with Crippen LogP contribution in [0.3, 0.4) is 0 Å². The molecule has 5 heteroatoms. The van der Waals surface area contributed by atoms with Crippen molar-refractivity contribution in [2.45, 2.75) is 13.0 Å². The Morgan fingerprint density at radius 2 is 1.77 bits per heavy atom. The van der Waals surface area contributed by atoms with Gasteiger partial charge in [-0.3, -0.25) is 4.79 Å². The van der Waals surface area contributed by atoms with Gasteiger partial charge in [0.2, 0.25) is 0 Å². The van der Waals surface area contributed by atoms with Crippen LogP contribution in [0.5, 0.6) is 5.75 Å². The SMILES string of the molecule is COc1ccc(N[C@@H](C)C(=O)N/N=C\c2cccc3ccccc23)cc1. The van der Waals surface area contributed by atoms with Crippen LogP contribution in [0.15, 0.2) is 71.8 Å². The molecular weight excluding hydrogens is 326 g/mol. The molecular formula is C21H21N3O2. The standard InChI is InChI=1S/C21H21N3O2/c1-15(23-18-10-12-19(26-2)13-11-18)21(25)24-22-14-17-8-5-7-16-6-3-4-9-20(16)17/h3-15,23H,1-2H3,(H,24,25)/b22-14-/t15-/m0/s1. The first kappa shape index (κ1) is 17.5. The van der Waals surface area contributed by atoms with Gasteiger partial charge in [0.05, 0.1) is 13.3 Å². The Balaban J connectivity index is 1.61. The van der Waals surface area contributed by atoms with E-state index in [2.05, 4.69) is 15.8 Å². The predicted octanol–water partition coefficient (Wildman–Crippen LogP) is 3.80. The normalized spacial score (nSPS) is 12.1. The number of hydrazone groups is 1. The third-order valence-corrected chi connectivity index (χ3v) is 4.07. The Morgan fingerprint density at radius 1 is 1.04 bits per heavy atom. The Bertz CT molecular complexity index is 915. The molecule has 0 fully saturated rings. The fourth-order valence-corrected chi connectivity index (χ4v) is 2.63. The van der Waals surface area contributed by atoms with E-state index in [-0.39, 0.29) is 5.91 Å². The zero-order chi connectivity index (χ0) is 18.4. The van der Waals surface area contributed by atoms with E-state index in [0.29, 0.717) is 0 Å². The van der Waals surface area contributed by atoms with Gasteiger partial charge in [-0.1, -0.05) is 42.5 Å². The van der Waals surface area contributed by atoms with Crippen LogP contribution in [0.2, 0.25) is 0 Å². The molecule has 0 bridgehead atoms. The molecule has 0 unspecified atom stereocenters. The van der Waals surface area contributed by atoms with E-state index in [4.69, 9.17) is 4.74 Å². The lowest BCUT2D eigenvalue weighted by Gasteiger charge is -2.13. The molecule has 1 amide bonds. The highest BCUT2D eigenvalue weighted by atomic mass is 16.5. The number of benzene rings is 3. The van der Waals surface area contributed by atoms with E-state index in [1.54, 1.807) is 20.2 Å². The third-order valence-electron chi connectivity index (χ3n) is 4.07. The highest BCUT2D eigenvalue weighted by Gasteiger charge is 2.11. The Kier molecular flexibility index (Phi) is 5.49. The molecule has 1 atom stereocenters. The molecule has 3 rings (SSSR count). The van der Waals surface area contributed by atoms with Crippen LogP contribution in [0.25, 0.3) is 10.8 Å². The first-order chi connectivity index (χ1) is 12.7. The Labute approximate surface area is 152 Å². The second-order valence-electron chi connectivity index (χ2n) is 5.90. The summed E-state index contributed by atoms with van der Waals surface area (Å²) in [4.78, 5) is 12.2. The minimum Gasteiger partial charge on any atom is -0.497 e. The molecule has 0 aromatic heterocycles. The molecule has 132 valence electrons. The molecule has 0 spiro atoms. The fraction of sp³-hybridized carbons (Fsp3) is 0.143. The van der Waals surface area contributed by atoms with Crippen LogP contribution in [-0.4, -0.2) is 25.3 Å². The van der Waals surface area contributed by atoms with Crippen LogP contribution >= 0.6 is 0 Å². The van der Waals surface area contributed by atoms with Gasteiger partial charge in [-0.2, -0.15) is 5.10 Å². The second-order valence-corrected chi connectivity index (χ2v) is 5.90. The maximum absolute atomic E-state index is 12.2. The monoisotopic (exact) mass is 347 g/mol. The lowest BCUT2D eigenvalue weighted by atomic mass is 10.1. The molecule has 0 radical (unpaired) electrons. The number of carbonyl (C=O) groups is 1. The zero-order valence-electron chi connectivity index (χ0n) is 14.8. The quantitative estimate of drug-likeness (QED) is 0.527. The number of methoxy groups -OCH3 is 1. The topological polar surface area (TPSA) is 62.7 Å². The molecule has 0 saturated heterocycles. The van der Waals surface area contributed by atoms with E-state index >= 15 is 0 Å². The summed E-state index contributed by atoms with van der Waals surface area (Å²) in [5.41, 5.74) is 4.38. The van der Waals surface area contributed by atoms with Crippen molar-refractivity contribution >= 4 is 28.6 Å². The number of anilines is 1. The van der Waals surface area contributed by atoms with Gasteiger partial charge in [-0.25, -0.2) is 5.43 Å². The molecule has 26 heavy (non-hydrogen) atoms.